The van der Waals surface area contributed by atoms with Crippen LogP contribution in [0.25, 0.3) is 10.2 Å². The molecule has 0 unspecified atom stereocenters. The van der Waals surface area contributed by atoms with Crippen molar-refractivity contribution in [2.45, 2.75) is 38.6 Å². The van der Waals surface area contributed by atoms with E-state index in [2.05, 4.69) is 35.3 Å². The molecule has 1 aliphatic carbocycles. The average molecular weight is 344 g/mol. The van der Waals surface area contributed by atoms with Gasteiger partial charge in [-0.15, -0.1) is 0 Å². The number of nitrogens with zero attached hydrogens (tertiary/aromatic N) is 3. The largest absolute Gasteiger partial charge is 0.345 e. The molecule has 1 N–H and O–H groups in total. The molecular weight excluding hydrogens is 320 g/mol. The van der Waals surface area contributed by atoms with E-state index in [0.717, 1.165) is 49.7 Å². The summed E-state index contributed by atoms with van der Waals surface area (Å²) in [4.78, 5) is 21.4. The van der Waals surface area contributed by atoms with Crippen LogP contribution in [0, 0.1) is 6.92 Å². The van der Waals surface area contributed by atoms with Gasteiger partial charge in [-0.3, -0.25) is 0 Å². The third kappa shape index (κ3) is 3.07. The van der Waals surface area contributed by atoms with Crippen molar-refractivity contribution in [3.05, 3.63) is 23.8 Å². The first kappa shape index (κ1) is 15.7. The van der Waals surface area contributed by atoms with E-state index < -0.39 is 0 Å². The molecule has 2 fully saturated rings. The first-order chi connectivity index (χ1) is 11.7. The summed E-state index contributed by atoms with van der Waals surface area (Å²) in [7, 11) is 0. The summed E-state index contributed by atoms with van der Waals surface area (Å²) in [5.41, 5.74) is 2.34. The fraction of sp³-hybridized carbons (Fsp3) is 0.556. The maximum absolute atomic E-state index is 12.4. The summed E-state index contributed by atoms with van der Waals surface area (Å²) in [6.45, 7) is 5.37. The molecule has 0 spiro atoms. The molecule has 128 valence electrons. The van der Waals surface area contributed by atoms with Crippen molar-refractivity contribution in [3.63, 3.8) is 0 Å². The van der Waals surface area contributed by atoms with Gasteiger partial charge >= 0.3 is 6.03 Å². The number of aromatic nitrogens is 1. The minimum atomic E-state index is 0.113. The maximum Gasteiger partial charge on any atom is 0.317 e. The molecule has 6 heteroatoms. The van der Waals surface area contributed by atoms with Crippen LogP contribution in [0.3, 0.4) is 0 Å². The predicted octanol–water partition coefficient (Wildman–Crippen LogP) is 3.38. The molecule has 0 bridgehead atoms. The van der Waals surface area contributed by atoms with Gasteiger partial charge in [-0.1, -0.05) is 36.3 Å². The number of para-hydroxylation sites is 1. The fourth-order valence-corrected chi connectivity index (χ4v) is 4.74. The van der Waals surface area contributed by atoms with E-state index in [1.807, 2.05) is 4.90 Å². The molecule has 2 aromatic rings. The highest BCUT2D eigenvalue weighted by molar-refractivity contribution is 7.22. The van der Waals surface area contributed by atoms with Gasteiger partial charge in [0.1, 0.15) is 0 Å². The summed E-state index contributed by atoms with van der Waals surface area (Å²) in [6.07, 6.45) is 4.76. The van der Waals surface area contributed by atoms with Gasteiger partial charge in [0, 0.05) is 32.2 Å². The monoisotopic (exact) mass is 344 g/mol. The molecule has 1 saturated heterocycles. The van der Waals surface area contributed by atoms with E-state index in [0.29, 0.717) is 6.04 Å². The molecule has 4 rings (SSSR count). The van der Waals surface area contributed by atoms with E-state index in [-0.39, 0.29) is 6.03 Å². The second-order valence-electron chi connectivity index (χ2n) is 6.82. The minimum Gasteiger partial charge on any atom is -0.345 e. The predicted molar refractivity (Wildman–Crippen MR) is 98.9 cm³/mol. The number of thiazole rings is 1. The zero-order valence-corrected chi connectivity index (χ0v) is 14.9. The maximum atomic E-state index is 12.4. The molecule has 2 heterocycles. The van der Waals surface area contributed by atoms with E-state index in [4.69, 9.17) is 4.98 Å². The normalized spacial score (nSPS) is 19.2. The van der Waals surface area contributed by atoms with E-state index >= 15 is 0 Å². The lowest BCUT2D eigenvalue weighted by Gasteiger charge is -2.35. The van der Waals surface area contributed by atoms with Crippen LogP contribution in [0.4, 0.5) is 9.93 Å². The Labute approximate surface area is 146 Å². The van der Waals surface area contributed by atoms with Crippen LogP contribution in [0.2, 0.25) is 0 Å². The molecule has 2 aliphatic rings. The zero-order chi connectivity index (χ0) is 16.5. The number of benzene rings is 1. The number of hydrogen-bond acceptors (Lipinski definition) is 4. The lowest BCUT2D eigenvalue weighted by Crippen LogP contribution is -2.53. The first-order valence-electron chi connectivity index (χ1n) is 8.87. The molecule has 1 aromatic carbocycles. The Kier molecular flexibility index (Phi) is 4.31. The van der Waals surface area contributed by atoms with E-state index in [1.165, 1.54) is 23.1 Å². The van der Waals surface area contributed by atoms with Crippen molar-refractivity contribution in [1.82, 2.24) is 15.2 Å². The third-order valence-electron chi connectivity index (χ3n) is 5.13. The number of hydrogen-bond donors (Lipinski definition) is 1. The number of carbonyl (C=O) groups excluding carboxylic acids is 1. The van der Waals surface area contributed by atoms with Crippen LogP contribution in [-0.2, 0) is 0 Å². The molecule has 0 radical (unpaired) electrons. The summed E-state index contributed by atoms with van der Waals surface area (Å²) >= 11 is 1.75. The molecular formula is C18H24N4OS. The number of piperazine rings is 1. The molecule has 1 saturated carbocycles. The van der Waals surface area contributed by atoms with Gasteiger partial charge in [0.25, 0.3) is 0 Å². The number of nitrogens with one attached hydrogen (secondary N) is 1. The van der Waals surface area contributed by atoms with Crippen molar-refractivity contribution in [1.29, 1.82) is 0 Å². The highest BCUT2D eigenvalue weighted by atomic mass is 32.1. The Morgan fingerprint density at radius 3 is 2.67 bits per heavy atom. The van der Waals surface area contributed by atoms with Crippen molar-refractivity contribution in [3.8, 4) is 0 Å². The van der Waals surface area contributed by atoms with Gasteiger partial charge in [-0.05, 0) is 31.4 Å². The van der Waals surface area contributed by atoms with Crippen LogP contribution in [0.1, 0.15) is 31.2 Å². The SMILES string of the molecule is Cc1cccc2sc(N3CCN(C(=O)NC4CCCC4)CC3)nc12. The van der Waals surface area contributed by atoms with Gasteiger partial charge in [0.2, 0.25) is 0 Å². The number of carbonyl (C=O) groups is 1. The minimum absolute atomic E-state index is 0.113. The Balaban J connectivity index is 1.38. The summed E-state index contributed by atoms with van der Waals surface area (Å²) < 4.78 is 1.24. The van der Waals surface area contributed by atoms with Crippen LogP contribution >= 0.6 is 11.3 Å². The Morgan fingerprint density at radius 1 is 1.21 bits per heavy atom. The van der Waals surface area contributed by atoms with Gasteiger partial charge in [-0.25, -0.2) is 9.78 Å². The van der Waals surface area contributed by atoms with Crippen LogP contribution in [-0.4, -0.2) is 48.1 Å². The highest BCUT2D eigenvalue weighted by Gasteiger charge is 2.25. The van der Waals surface area contributed by atoms with Gasteiger partial charge in [0.05, 0.1) is 10.2 Å². The summed E-state index contributed by atoms with van der Waals surface area (Å²) in [5.74, 6) is 0. The third-order valence-corrected chi connectivity index (χ3v) is 6.21. The Morgan fingerprint density at radius 2 is 1.96 bits per heavy atom. The topological polar surface area (TPSA) is 48.5 Å². The quantitative estimate of drug-likeness (QED) is 0.908. The number of anilines is 1. The summed E-state index contributed by atoms with van der Waals surface area (Å²) in [5, 5.41) is 4.27. The summed E-state index contributed by atoms with van der Waals surface area (Å²) in [6, 6.07) is 6.83. The van der Waals surface area contributed by atoms with Crippen molar-refractivity contribution in [2.75, 3.05) is 31.1 Å². The highest BCUT2D eigenvalue weighted by Crippen LogP contribution is 2.31. The van der Waals surface area contributed by atoms with Gasteiger partial charge in [0.15, 0.2) is 5.13 Å². The first-order valence-corrected chi connectivity index (χ1v) is 9.69. The number of fused-ring (bicyclic) bond motifs is 1. The second-order valence-corrected chi connectivity index (χ2v) is 7.83. The second kappa shape index (κ2) is 6.59. The Bertz CT molecular complexity index is 730. The van der Waals surface area contributed by atoms with Crippen LogP contribution in [0.15, 0.2) is 18.2 Å². The number of urea groups is 1. The van der Waals surface area contributed by atoms with E-state index in [9.17, 15) is 4.79 Å². The van der Waals surface area contributed by atoms with Crippen LogP contribution < -0.4 is 10.2 Å². The molecule has 5 nitrogen and oxygen atoms in total. The average Bonchev–Trinajstić information content (AvgIpc) is 3.25. The van der Waals surface area contributed by atoms with Gasteiger partial charge in [-0.2, -0.15) is 0 Å². The fourth-order valence-electron chi connectivity index (χ4n) is 3.65. The van der Waals surface area contributed by atoms with E-state index in [1.54, 1.807) is 11.3 Å². The molecule has 2 amide bonds. The molecule has 1 aromatic heterocycles. The van der Waals surface area contributed by atoms with Crippen LogP contribution in [0.5, 0.6) is 0 Å². The van der Waals surface area contributed by atoms with Crippen molar-refractivity contribution < 1.29 is 4.79 Å². The van der Waals surface area contributed by atoms with Gasteiger partial charge < -0.3 is 15.1 Å². The molecule has 0 atom stereocenters. The zero-order valence-electron chi connectivity index (χ0n) is 14.1. The number of rotatable bonds is 2. The molecule has 24 heavy (non-hydrogen) atoms. The number of aryl methyl sites for hydroxylation is 1. The van der Waals surface area contributed by atoms with Crippen molar-refractivity contribution >= 4 is 32.7 Å². The lowest BCUT2D eigenvalue weighted by molar-refractivity contribution is 0.190. The molecule has 1 aliphatic heterocycles. The van der Waals surface area contributed by atoms with Crippen molar-refractivity contribution in [2.24, 2.45) is 0 Å². The lowest BCUT2D eigenvalue weighted by atomic mass is 10.2. The Hall–Kier alpha value is -1.82. The smallest absolute Gasteiger partial charge is 0.317 e. The standard InChI is InChI=1S/C18H24N4OS/c1-13-5-4-8-15-16(13)20-18(24-15)22-11-9-21(10-12-22)17(23)19-14-6-2-3-7-14/h4-5,8,14H,2-3,6-7,9-12H2,1H3,(H,19,23). The number of amides is 2.